The third kappa shape index (κ3) is 3.66. The van der Waals surface area contributed by atoms with E-state index in [1.807, 2.05) is 13.8 Å². The summed E-state index contributed by atoms with van der Waals surface area (Å²) >= 11 is 0. The molecule has 7 nitrogen and oxygen atoms in total. The van der Waals surface area contributed by atoms with Gasteiger partial charge in [0.15, 0.2) is 0 Å². The molecule has 0 bridgehead atoms. The first kappa shape index (κ1) is 15.9. The summed E-state index contributed by atoms with van der Waals surface area (Å²) in [6.07, 6.45) is 0.915. The van der Waals surface area contributed by atoms with Crippen molar-refractivity contribution in [1.82, 2.24) is 15.5 Å². The summed E-state index contributed by atoms with van der Waals surface area (Å²) in [4.78, 5) is 34.6. The number of carboxylic acids is 1. The van der Waals surface area contributed by atoms with E-state index in [1.165, 1.54) is 0 Å². The maximum atomic E-state index is 12.2. The number of aryl methyl sites for hydroxylation is 1. The normalized spacial score (nSPS) is 11.9. The third-order valence-electron chi connectivity index (χ3n) is 2.94. The molecule has 1 heterocycles. The van der Waals surface area contributed by atoms with E-state index < -0.39 is 23.5 Å². The molecular weight excluding hydrogens is 262 g/mol. The molecule has 20 heavy (non-hydrogen) atoms. The van der Waals surface area contributed by atoms with Gasteiger partial charge in [-0.3, -0.25) is 14.4 Å². The van der Waals surface area contributed by atoms with Gasteiger partial charge in [-0.15, -0.1) is 0 Å². The van der Waals surface area contributed by atoms with Crippen molar-refractivity contribution in [2.24, 2.45) is 0 Å². The van der Waals surface area contributed by atoms with Crippen molar-refractivity contribution in [1.29, 1.82) is 0 Å². The molecule has 1 unspecified atom stereocenters. The van der Waals surface area contributed by atoms with Crippen LogP contribution in [-0.2, 0) is 17.6 Å². The summed E-state index contributed by atoms with van der Waals surface area (Å²) in [5.41, 5.74) is 0.745. The maximum Gasteiger partial charge on any atom is 0.305 e. The zero-order chi connectivity index (χ0) is 15.3. The average molecular weight is 281 g/mol. The van der Waals surface area contributed by atoms with Crippen molar-refractivity contribution in [3.63, 3.8) is 0 Å². The number of carbonyl (C=O) groups is 2. The lowest BCUT2D eigenvalue weighted by Gasteiger charge is -2.14. The van der Waals surface area contributed by atoms with Crippen LogP contribution in [0.25, 0.3) is 0 Å². The zero-order valence-corrected chi connectivity index (χ0v) is 11.8. The van der Waals surface area contributed by atoms with Crippen LogP contribution >= 0.6 is 0 Å². The Kier molecular flexibility index (Phi) is 5.42. The first-order chi connectivity index (χ1) is 9.40. The lowest BCUT2D eigenvalue weighted by molar-refractivity contribution is -0.137. The molecule has 1 atom stereocenters. The van der Waals surface area contributed by atoms with Crippen LogP contribution in [0.1, 0.15) is 48.8 Å². The van der Waals surface area contributed by atoms with Crippen molar-refractivity contribution in [3.8, 4) is 0 Å². The Hall–Kier alpha value is -2.18. The monoisotopic (exact) mass is 281 g/mol. The number of amides is 1. The van der Waals surface area contributed by atoms with E-state index >= 15 is 0 Å². The highest BCUT2D eigenvalue weighted by Crippen LogP contribution is 2.10. The lowest BCUT2D eigenvalue weighted by atomic mass is 10.0. The molecule has 0 fully saturated rings. The van der Waals surface area contributed by atoms with E-state index in [9.17, 15) is 14.4 Å². The number of rotatable bonds is 6. The minimum atomic E-state index is -1.01. The van der Waals surface area contributed by atoms with E-state index in [-0.39, 0.29) is 12.0 Å². The van der Waals surface area contributed by atoms with Crippen molar-refractivity contribution < 1.29 is 14.7 Å². The van der Waals surface area contributed by atoms with Gasteiger partial charge in [0.2, 0.25) is 0 Å². The number of aromatic amines is 1. The summed E-state index contributed by atoms with van der Waals surface area (Å²) in [6, 6.07) is -0.553. The molecule has 7 heteroatoms. The topological polar surface area (TPSA) is 112 Å². The molecule has 0 saturated heterocycles. The number of carboxylic acid groups (broad SMARTS) is 1. The van der Waals surface area contributed by atoms with E-state index in [2.05, 4.69) is 15.5 Å². The largest absolute Gasteiger partial charge is 0.481 e. The maximum absolute atomic E-state index is 12.2. The predicted octanol–water partition coefficient (Wildman–Crippen LogP) is 0.488. The summed E-state index contributed by atoms with van der Waals surface area (Å²) < 4.78 is 0. The Balaban J connectivity index is 3.09. The Morgan fingerprint density at radius 3 is 2.50 bits per heavy atom. The van der Waals surface area contributed by atoms with Gasteiger partial charge in [-0.2, -0.15) is 5.10 Å². The SMILES string of the molecule is CCc1n[nH]c(=O)c(C(=O)NC(C)CC(=O)O)c1CC. The second-order valence-corrected chi connectivity index (χ2v) is 4.53. The van der Waals surface area contributed by atoms with Gasteiger partial charge in [0.1, 0.15) is 5.56 Å². The summed E-state index contributed by atoms with van der Waals surface area (Å²) in [6.45, 7) is 5.30. The standard InChI is InChI=1S/C13H19N3O4/c1-4-8-9(5-2)15-16-13(20)11(8)12(19)14-7(3)6-10(17)18/h7H,4-6H2,1-3H3,(H,14,19)(H,16,20)(H,17,18). The molecule has 1 amide bonds. The fraction of sp³-hybridized carbons (Fsp3) is 0.538. The number of nitrogens with one attached hydrogen (secondary N) is 2. The molecule has 0 saturated carbocycles. The van der Waals surface area contributed by atoms with Crippen LogP contribution in [0.2, 0.25) is 0 Å². The Morgan fingerprint density at radius 1 is 1.35 bits per heavy atom. The molecule has 0 aliphatic heterocycles. The van der Waals surface area contributed by atoms with Gasteiger partial charge in [0.05, 0.1) is 12.1 Å². The highest BCUT2D eigenvalue weighted by Gasteiger charge is 2.20. The summed E-state index contributed by atoms with van der Waals surface area (Å²) in [5, 5.41) is 17.4. The highest BCUT2D eigenvalue weighted by atomic mass is 16.4. The van der Waals surface area contributed by atoms with Gasteiger partial charge in [0.25, 0.3) is 11.5 Å². The number of aliphatic carboxylic acids is 1. The van der Waals surface area contributed by atoms with Crippen molar-refractivity contribution in [2.75, 3.05) is 0 Å². The molecule has 1 rings (SSSR count). The number of nitrogens with zero attached hydrogens (tertiary/aromatic N) is 1. The smallest absolute Gasteiger partial charge is 0.305 e. The first-order valence-electron chi connectivity index (χ1n) is 6.53. The Morgan fingerprint density at radius 2 is 2.00 bits per heavy atom. The number of hydrogen-bond acceptors (Lipinski definition) is 4. The van der Waals surface area contributed by atoms with Crippen LogP contribution < -0.4 is 10.9 Å². The van der Waals surface area contributed by atoms with Crippen LogP contribution in [0.15, 0.2) is 4.79 Å². The minimum absolute atomic E-state index is 0.0246. The number of carbonyl (C=O) groups excluding carboxylic acids is 1. The second-order valence-electron chi connectivity index (χ2n) is 4.53. The third-order valence-corrected chi connectivity index (χ3v) is 2.94. The highest BCUT2D eigenvalue weighted by molar-refractivity contribution is 5.95. The molecule has 0 aliphatic carbocycles. The molecule has 1 aromatic rings. The summed E-state index contributed by atoms with van der Waals surface area (Å²) in [5.74, 6) is -1.57. The van der Waals surface area contributed by atoms with Crippen LogP contribution in [0, 0.1) is 0 Å². The number of hydrogen-bond donors (Lipinski definition) is 3. The molecule has 1 aromatic heterocycles. The fourth-order valence-corrected chi connectivity index (χ4v) is 2.05. The van der Waals surface area contributed by atoms with Crippen molar-refractivity contribution >= 4 is 11.9 Å². The van der Waals surface area contributed by atoms with Gasteiger partial charge >= 0.3 is 5.97 Å². The van der Waals surface area contributed by atoms with Crippen molar-refractivity contribution in [3.05, 3.63) is 27.2 Å². The van der Waals surface area contributed by atoms with Crippen LogP contribution in [-0.4, -0.2) is 33.2 Å². The lowest BCUT2D eigenvalue weighted by Crippen LogP contribution is -2.38. The molecular formula is C13H19N3O4. The van der Waals surface area contributed by atoms with Crippen LogP contribution in [0.4, 0.5) is 0 Å². The molecule has 0 aliphatic rings. The van der Waals surface area contributed by atoms with Gasteiger partial charge < -0.3 is 10.4 Å². The van der Waals surface area contributed by atoms with Gasteiger partial charge in [-0.25, -0.2) is 5.10 Å². The fourth-order valence-electron chi connectivity index (χ4n) is 2.05. The number of H-pyrrole nitrogens is 1. The van der Waals surface area contributed by atoms with Gasteiger partial charge in [0, 0.05) is 6.04 Å². The Bertz CT molecular complexity index is 565. The number of aromatic nitrogens is 2. The summed E-state index contributed by atoms with van der Waals surface area (Å²) in [7, 11) is 0. The zero-order valence-electron chi connectivity index (χ0n) is 11.8. The minimum Gasteiger partial charge on any atom is -0.481 e. The predicted molar refractivity (Wildman–Crippen MR) is 72.8 cm³/mol. The first-order valence-corrected chi connectivity index (χ1v) is 6.53. The van der Waals surface area contributed by atoms with E-state index in [0.29, 0.717) is 24.1 Å². The average Bonchev–Trinajstić information content (AvgIpc) is 2.36. The molecule has 110 valence electrons. The van der Waals surface area contributed by atoms with Crippen LogP contribution in [0.3, 0.4) is 0 Å². The second kappa shape index (κ2) is 6.83. The Labute approximate surface area is 116 Å². The van der Waals surface area contributed by atoms with Crippen LogP contribution in [0.5, 0.6) is 0 Å². The van der Waals surface area contributed by atoms with Crippen molar-refractivity contribution in [2.45, 2.75) is 46.1 Å². The molecule has 0 radical (unpaired) electrons. The van der Waals surface area contributed by atoms with E-state index in [1.54, 1.807) is 6.92 Å². The van der Waals surface area contributed by atoms with Gasteiger partial charge in [-0.05, 0) is 25.3 Å². The molecule has 3 N–H and O–H groups in total. The molecule has 0 aromatic carbocycles. The quantitative estimate of drug-likeness (QED) is 0.702. The van der Waals surface area contributed by atoms with E-state index in [0.717, 1.165) is 0 Å². The van der Waals surface area contributed by atoms with Gasteiger partial charge in [-0.1, -0.05) is 13.8 Å². The van der Waals surface area contributed by atoms with E-state index in [4.69, 9.17) is 5.11 Å². The molecule has 0 spiro atoms.